The molecular formula is C13H18N4S2. The summed E-state index contributed by atoms with van der Waals surface area (Å²) in [6.45, 7) is 2.00. The molecule has 1 aliphatic rings. The van der Waals surface area contributed by atoms with Gasteiger partial charge in [-0.05, 0) is 31.3 Å². The Morgan fingerprint density at radius 1 is 1.32 bits per heavy atom. The molecule has 1 saturated carbocycles. The maximum atomic E-state index is 6.01. The summed E-state index contributed by atoms with van der Waals surface area (Å²) < 4.78 is 4.29. The van der Waals surface area contributed by atoms with Crippen LogP contribution in [0.1, 0.15) is 37.8 Å². The van der Waals surface area contributed by atoms with E-state index < -0.39 is 0 Å². The fraction of sp³-hybridized carbons (Fsp3) is 0.538. The number of nitrogens with one attached hydrogen (secondary N) is 1. The summed E-state index contributed by atoms with van der Waals surface area (Å²) in [6.07, 6.45) is 6.49. The van der Waals surface area contributed by atoms with Gasteiger partial charge in [-0.25, -0.2) is 4.98 Å². The minimum absolute atomic E-state index is 0.563. The van der Waals surface area contributed by atoms with Gasteiger partial charge in [0.15, 0.2) is 0 Å². The summed E-state index contributed by atoms with van der Waals surface area (Å²) in [5, 5.41) is 7.73. The zero-order chi connectivity index (χ0) is 13.2. The standard InChI is InChI=1S/C13H18N4S2/c1-8-7-18-12(15-8)10-11(14)17-19-13(10)16-9-5-3-2-4-6-9/h7,9,16H,2-6H2,1H3,(H2,14,17). The first-order valence-corrected chi connectivity index (χ1v) is 8.33. The number of nitrogens with zero attached hydrogens (tertiary/aromatic N) is 2. The summed E-state index contributed by atoms with van der Waals surface area (Å²) in [5.41, 5.74) is 8.04. The Balaban J connectivity index is 1.85. The molecule has 0 aromatic carbocycles. The number of rotatable bonds is 3. The lowest BCUT2D eigenvalue weighted by Gasteiger charge is -2.23. The molecule has 0 aliphatic heterocycles. The number of thiazole rings is 1. The third-order valence-electron chi connectivity index (χ3n) is 3.49. The first-order chi connectivity index (χ1) is 9.24. The SMILES string of the molecule is Cc1csc(-c2c(N)nsc2NC2CCCCC2)n1. The van der Waals surface area contributed by atoms with Crippen molar-refractivity contribution in [1.29, 1.82) is 0 Å². The summed E-state index contributed by atoms with van der Waals surface area (Å²) in [6, 6.07) is 0.563. The van der Waals surface area contributed by atoms with Crippen LogP contribution in [0, 0.1) is 6.92 Å². The molecule has 0 unspecified atom stereocenters. The Hall–Kier alpha value is -1.14. The molecule has 102 valence electrons. The van der Waals surface area contributed by atoms with Crippen molar-refractivity contribution < 1.29 is 0 Å². The predicted octanol–water partition coefficient (Wildman–Crippen LogP) is 3.90. The Labute approximate surface area is 121 Å². The zero-order valence-electron chi connectivity index (χ0n) is 11.0. The van der Waals surface area contributed by atoms with E-state index in [0.29, 0.717) is 11.9 Å². The number of anilines is 2. The van der Waals surface area contributed by atoms with Crippen molar-refractivity contribution in [3.8, 4) is 10.6 Å². The monoisotopic (exact) mass is 294 g/mol. The second-order valence-electron chi connectivity index (χ2n) is 5.05. The maximum absolute atomic E-state index is 6.01. The molecule has 2 aromatic heterocycles. The van der Waals surface area contributed by atoms with Gasteiger partial charge in [0, 0.05) is 17.1 Å². The van der Waals surface area contributed by atoms with E-state index in [4.69, 9.17) is 5.73 Å². The van der Waals surface area contributed by atoms with Gasteiger partial charge < -0.3 is 11.1 Å². The normalized spacial score (nSPS) is 16.7. The molecule has 3 rings (SSSR count). The van der Waals surface area contributed by atoms with Crippen molar-refractivity contribution in [2.45, 2.75) is 45.1 Å². The van der Waals surface area contributed by atoms with Gasteiger partial charge >= 0.3 is 0 Å². The fourth-order valence-corrected chi connectivity index (χ4v) is 4.22. The van der Waals surface area contributed by atoms with Gasteiger partial charge in [0.05, 0.1) is 5.56 Å². The van der Waals surface area contributed by atoms with Crippen LogP contribution in [-0.2, 0) is 0 Å². The Morgan fingerprint density at radius 3 is 2.79 bits per heavy atom. The molecule has 0 amide bonds. The first kappa shape index (κ1) is 12.9. The molecule has 0 atom stereocenters. The smallest absolute Gasteiger partial charge is 0.149 e. The largest absolute Gasteiger partial charge is 0.382 e. The lowest BCUT2D eigenvalue weighted by Crippen LogP contribution is -2.21. The first-order valence-electron chi connectivity index (χ1n) is 6.68. The highest BCUT2D eigenvalue weighted by Crippen LogP contribution is 2.39. The van der Waals surface area contributed by atoms with Crippen LogP contribution in [0.3, 0.4) is 0 Å². The highest BCUT2D eigenvalue weighted by atomic mass is 32.1. The van der Waals surface area contributed by atoms with Gasteiger partial charge in [0.2, 0.25) is 0 Å². The van der Waals surface area contributed by atoms with Gasteiger partial charge in [-0.2, -0.15) is 4.37 Å². The maximum Gasteiger partial charge on any atom is 0.149 e. The lowest BCUT2D eigenvalue weighted by molar-refractivity contribution is 0.463. The van der Waals surface area contributed by atoms with E-state index in [9.17, 15) is 0 Å². The van der Waals surface area contributed by atoms with Crippen molar-refractivity contribution >= 4 is 33.7 Å². The Morgan fingerprint density at radius 2 is 2.11 bits per heavy atom. The predicted molar refractivity (Wildman–Crippen MR) is 82.9 cm³/mol. The summed E-state index contributed by atoms with van der Waals surface area (Å²) in [5.74, 6) is 0.595. The van der Waals surface area contributed by atoms with E-state index >= 15 is 0 Å². The highest BCUT2D eigenvalue weighted by molar-refractivity contribution is 7.15. The number of hydrogen-bond donors (Lipinski definition) is 2. The molecule has 2 aromatic rings. The number of nitrogens with two attached hydrogens (primary N) is 1. The molecule has 0 spiro atoms. The van der Waals surface area contributed by atoms with Crippen LogP contribution in [0.25, 0.3) is 10.6 Å². The quantitative estimate of drug-likeness (QED) is 0.901. The topological polar surface area (TPSA) is 63.8 Å². The second-order valence-corrected chi connectivity index (χ2v) is 6.68. The van der Waals surface area contributed by atoms with E-state index in [1.807, 2.05) is 6.92 Å². The van der Waals surface area contributed by atoms with E-state index in [1.54, 1.807) is 11.3 Å². The van der Waals surface area contributed by atoms with Crippen LogP contribution in [0.15, 0.2) is 5.38 Å². The van der Waals surface area contributed by atoms with Gasteiger partial charge in [-0.15, -0.1) is 11.3 Å². The summed E-state index contributed by atoms with van der Waals surface area (Å²) in [4.78, 5) is 4.53. The molecule has 6 heteroatoms. The molecule has 0 radical (unpaired) electrons. The lowest BCUT2D eigenvalue weighted by atomic mass is 9.95. The fourth-order valence-electron chi connectivity index (χ4n) is 2.51. The third kappa shape index (κ3) is 2.74. The van der Waals surface area contributed by atoms with E-state index in [1.165, 1.54) is 43.6 Å². The number of aryl methyl sites for hydroxylation is 1. The van der Waals surface area contributed by atoms with E-state index in [0.717, 1.165) is 21.3 Å². The van der Waals surface area contributed by atoms with Crippen LogP contribution in [-0.4, -0.2) is 15.4 Å². The van der Waals surface area contributed by atoms with Crippen molar-refractivity contribution in [2.24, 2.45) is 0 Å². The second kappa shape index (κ2) is 5.46. The van der Waals surface area contributed by atoms with Crippen LogP contribution >= 0.6 is 22.9 Å². The Kier molecular flexibility index (Phi) is 3.70. The van der Waals surface area contributed by atoms with Gasteiger partial charge in [0.1, 0.15) is 15.8 Å². The molecule has 1 fully saturated rings. The van der Waals surface area contributed by atoms with Crippen LogP contribution < -0.4 is 11.1 Å². The molecule has 19 heavy (non-hydrogen) atoms. The van der Waals surface area contributed by atoms with Crippen LogP contribution in [0.5, 0.6) is 0 Å². The van der Waals surface area contributed by atoms with Crippen molar-refractivity contribution in [1.82, 2.24) is 9.36 Å². The van der Waals surface area contributed by atoms with Crippen molar-refractivity contribution in [2.75, 3.05) is 11.1 Å². The number of nitrogen functional groups attached to an aromatic ring is 1. The molecular weight excluding hydrogens is 276 g/mol. The minimum Gasteiger partial charge on any atom is -0.382 e. The molecule has 2 heterocycles. The summed E-state index contributed by atoms with van der Waals surface area (Å²) >= 11 is 3.09. The molecule has 3 N–H and O–H groups in total. The average molecular weight is 294 g/mol. The van der Waals surface area contributed by atoms with E-state index in [-0.39, 0.29) is 0 Å². The van der Waals surface area contributed by atoms with E-state index in [2.05, 4.69) is 20.1 Å². The Bertz CT molecular complexity index is 555. The van der Waals surface area contributed by atoms with Crippen LogP contribution in [0.4, 0.5) is 10.8 Å². The molecule has 4 nitrogen and oxygen atoms in total. The van der Waals surface area contributed by atoms with Crippen molar-refractivity contribution in [3.63, 3.8) is 0 Å². The van der Waals surface area contributed by atoms with Gasteiger partial charge in [0.25, 0.3) is 0 Å². The van der Waals surface area contributed by atoms with Gasteiger partial charge in [-0.1, -0.05) is 19.3 Å². The van der Waals surface area contributed by atoms with Gasteiger partial charge in [-0.3, -0.25) is 0 Å². The minimum atomic E-state index is 0.563. The average Bonchev–Trinajstić information content (AvgIpc) is 2.97. The summed E-state index contributed by atoms with van der Waals surface area (Å²) in [7, 11) is 0. The number of aromatic nitrogens is 2. The van der Waals surface area contributed by atoms with Crippen LogP contribution in [0.2, 0.25) is 0 Å². The molecule has 0 bridgehead atoms. The highest BCUT2D eigenvalue weighted by Gasteiger charge is 2.20. The molecule has 1 aliphatic carbocycles. The number of hydrogen-bond acceptors (Lipinski definition) is 6. The molecule has 0 saturated heterocycles. The zero-order valence-corrected chi connectivity index (χ0v) is 12.6. The van der Waals surface area contributed by atoms with Crippen molar-refractivity contribution in [3.05, 3.63) is 11.1 Å². The third-order valence-corrected chi connectivity index (χ3v) is 5.26.